The summed E-state index contributed by atoms with van der Waals surface area (Å²) < 4.78 is 0. The summed E-state index contributed by atoms with van der Waals surface area (Å²) in [6, 6.07) is 100. The second-order valence-electron chi connectivity index (χ2n) is 19.0. The van der Waals surface area contributed by atoms with Crippen LogP contribution in [0.25, 0.3) is 80.9 Å². The van der Waals surface area contributed by atoms with Gasteiger partial charge in [0.2, 0.25) is 0 Å². The monoisotopic (exact) mass is 970 g/mol. The van der Waals surface area contributed by atoms with Crippen molar-refractivity contribution < 1.29 is 0 Å². The molecule has 0 spiro atoms. The Labute approximate surface area is 446 Å². The summed E-state index contributed by atoms with van der Waals surface area (Å²) in [5, 5.41) is 7.00. The number of hydrogen-bond acceptors (Lipinski definition) is 2. The Hall–Kier alpha value is -10.0. The third-order valence-electron chi connectivity index (χ3n) is 14.0. The molecule has 0 aromatic heterocycles. The largest absolute Gasteiger partial charge is 0.310 e. The van der Waals surface area contributed by atoms with Crippen LogP contribution in [0, 0.1) is 0 Å². The van der Waals surface area contributed by atoms with Gasteiger partial charge in [-0.1, -0.05) is 267 Å². The maximum absolute atomic E-state index is 2.45. The summed E-state index contributed by atoms with van der Waals surface area (Å²) in [4.78, 5) is 4.90. The van der Waals surface area contributed by atoms with Crippen LogP contribution in [-0.2, 0) is 0 Å². The highest BCUT2D eigenvalue weighted by Gasteiger charge is 2.24. The van der Waals surface area contributed by atoms with E-state index in [4.69, 9.17) is 0 Å². The first-order valence-electron chi connectivity index (χ1n) is 26.0. The van der Waals surface area contributed by atoms with E-state index >= 15 is 0 Å². The fraction of sp³-hybridized carbons (Fsp3) is 0. The molecule has 0 saturated heterocycles. The number of anilines is 6. The van der Waals surface area contributed by atoms with Crippen LogP contribution in [0.4, 0.5) is 34.1 Å². The topological polar surface area (TPSA) is 6.48 Å². The molecule has 0 aliphatic carbocycles. The van der Waals surface area contributed by atoms with E-state index in [0.717, 1.165) is 67.2 Å². The van der Waals surface area contributed by atoms with Crippen molar-refractivity contribution in [1.29, 1.82) is 0 Å². The molecule has 0 heterocycles. The van der Waals surface area contributed by atoms with Gasteiger partial charge >= 0.3 is 0 Å². The Balaban J connectivity index is 1.06. The molecule has 0 amide bonds. The van der Waals surface area contributed by atoms with Crippen molar-refractivity contribution in [3.63, 3.8) is 0 Å². The molecule has 0 bridgehead atoms. The van der Waals surface area contributed by atoms with Crippen LogP contribution in [0.5, 0.6) is 0 Å². The standard InChI is InChI=1S/C74H54N2/c1-5-17-55(18-6-1)29-33-59-37-45-65(46-38-59)75(66-47-39-60(40-48-66)34-30-56-19-7-2-8-20-56)71-53-63-25-13-16-28-70(63)74-72(54-64-26-14-15-27-69(64)73(71)74)76(67-49-41-61(42-50-67)35-31-57-21-9-3-10-22-57)68-51-43-62(44-52-68)36-32-58-23-11-4-12-24-58/h1-54H/b33-29+,34-30+,35-31+,36-32+. The van der Waals surface area contributed by atoms with Gasteiger partial charge in [-0.25, -0.2) is 0 Å². The summed E-state index contributed by atoms with van der Waals surface area (Å²) in [5.74, 6) is 0. The zero-order valence-electron chi connectivity index (χ0n) is 42.1. The van der Waals surface area contributed by atoms with E-state index in [1.165, 1.54) is 43.8 Å². The minimum Gasteiger partial charge on any atom is -0.310 e. The predicted molar refractivity (Wildman–Crippen MR) is 330 cm³/mol. The average Bonchev–Trinajstić information content (AvgIpc) is 3.58. The van der Waals surface area contributed by atoms with Gasteiger partial charge in [0.25, 0.3) is 0 Å². The lowest BCUT2D eigenvalue weighted by Gasteiger charge is -2.31. The van der Waals surface area contributed by atoms with E-state index in [9.17, 15) is 0 Å². The first-order valence-corrected chi connectivity index (χ1v) is 26.0. The second-order valence-corrected chi connectivity index (χ2v) is 19.0. The molecule has 2 heteroatoms. The average molecular weight is 971 g/mol. The first-order chi connectivity index (χ1) is 37.7. The zero-order valence-corrected chi connectivity index (χ0v) is 42.1. The Morgan fingerprint density at radius 1 is 0.197 bits per heavy atom. The van der Waals surface area contributed by atoms with E-state index in [-0.39, 0.29) is 0 Å². The van der Waals surface area contributed by atoms with Crippen LogP contribution >= 0.6 is 0 Å². The highest BCUT2D eigenvalue weighted by molar-refractivity contribution is 6.28. The third-order valence-corrected chi connectivity index (χ3v) is 14.0. The number of benzene rings is 12. The molecule has 0 unspecified atom stereocenters. The summed E-state index contributed by atoms with van der Waals surface area (Å²) in [7, 11) is 0. The number of nitrogens with zero attached hydrogens (tertiary/aromatic N) is 2. The van der Waals surface area contributed by atoms with Crippen LogP contribution < -0.4 is 9.80 Å². The van der Waals surface area contributed by atoms with Crippen molar-refractivity contribution in [3.05, 3.63) is 324 Å². The van der Waals surface area contributed by atoms with Crippen molar-refractivity contribution in [1.82, 2.24) is 0 Å². The van der Waals surface area contributed by atoms with Gasteiger partial charge in [0.1, 0.15) is 0 Å². The quantitative estimate of drug-likeness (QED) is 0.0791. The van der Waals surface area contributed by atoms with E-state index < -0.39 is 0 Å². The molecule has 0 atom stereocenters. The Bertz CT molecular complexity index is 3570. The maximum Gasteiger partial charge on any atom is 0.0553 e. The van der Waals surface area contributed by atoms with Gasteiger partial charge in [-0.05, 0) is 127 Å². The van der Waals surface area contributed by atoms with Crippen molar-refractivity contribution in [2.24, 2.45) is 0 Å². The normalized spacial score (nSPS) is 11.7. The second kappa shape index (κ2) is 22.0. The molecule has 0 aliphatic rings. The van der Waals surface area contributed by atoms with Gasteiger partial charge < -0.3 is 9.80 Å². The zero-order chi connectivity index (χ0) is 50.9. The van der Waals surface area contributed by atoms with E-state index in [0.29, 0.717) is 0 Å². The SMILES string of the molecule is C(=C\c1ccc(N(c2ccc(/C=C/c3ccccc3)cc2)c2cc3ccccc3c3c(N(c4ccc(/C=C/c5ccccc5)cc4)c4ccc(/C=C/c5ccccc5)cc4)cc4ccccc4c23)cc1)/c1ccccc1. The molecule has 360 valence electrons. The number of hydrogen-bond donors (Lipinski definition) is 0. The maximum atomic E-state index is 2.45. The molecular weight excluding hydrogens is 917 g/mol. The summed E-state index contributed by atoms with van der Waals surface area (Å²) in [6.45, 7) is 0. The van der Waals surface area contributed by atoms with Crippen molar-refractivity contribution in [3.8, 4) is 0 Å². The van der Waals surface area contributed by atoms with Gasteiger partial charge in [0, 0.05) is 33.5 Å². The van der Waals surface area contributed by atoms with Gasteiger partial charge in [-0.2, -0.15) is 0 Å². The van der Waals surface area contributed by atoms with Gasteiger partial charge in [-0.15, -0.1) is 0 Å². The van der Waals surface area contributed by atoms with Gasteiger partial charge in [0.05, 0.1) is 11.4 Å². The molecule has 0 aliphatic heterocycles. The third kappa shape index (κ3) is 10.4. The Kier molecular flexibility index (Phi) is 13.6. The van der Waals surface area contributed by atoms with Crippen molar-refractivity contribution >= 4 is 115 Å². The summed E-state index contributed by atoms with van der Waals surface area (Å²) in [6.07, 6.45) is 17.5. The van der Waals surface area contributed by atoms with E-state index in [2.05, 4.69) is 337 Å². The lowest BCUT2D eigenvalue weighted by molar-refractivity contribution is 1.29. The Morgan fingerprint density at radius 2 is 0.408 bits per heavy atom. The highest BCUT2D eigenvalue weighted by Crippen LogP contribution is 2.50. The summed E-state index contributed by atoms with van der Waals surface area (Å²) >= 11 is 0. The van der Waals surface area contributed by atoms with Crippen LogP contribution in [0.2, 0.25) is 0 Å². The van der Waals surface area contributed by atoms with Gasteiger partial charge in [0.15, 0.2) is 0 Å². The molecule has 12 aromatic rings. The molecule has 0 radical (unpaired) electrons. The van der Waals surface area contributed by atoms with Gasteiger partial charge in [-0.3, -0.25) is 0 Å². The fourth-order valence-electron chi connectivity index (χ4n) is 10.1. The first kappa shape index (κ1) is 47.0. The molecule has 0 N–H and O–H groups in total. The Morgan fingerprint density at radius 3 is 0.658 bits per heavy atom. The van der Waals surface area contributed by atoms with Crippen LogP contribution in [0.3, 0.4) is 0 Å². The van der Waals surface area contributed by atoms with Crippen LogP contribution in [0.15, 0.2) is 279 Å². The molecule has 2 nitrogen and oxygen atoms in total. The predicted octanol–water partition coefficient (Wildman–Crippen LogP) is 20.8. The van der Waals surface area contributed by atoms with Crippen LogP contribution in [0.1, 0.15) is 44.5 Å². The van der Waals surface area contributed by atoms with E-state index in [1.807, 2.05) is 0 Å². The number of fused-ring (bicyclic) bond motifs is 5. The van der Waals surface area contributed by atoms with E-state index in [1.54, 1.807) is 0 Å². The van der Waals surface area contributed by atoms with Crippen molar-refractivity contribution in [2.75, 3.05) is 9.80 Å². The minimum absolute atomic E-state index is 1.06. The number of rotatable bonds is 14. The minimum atomic E-state index is 1.06. The molecule has 12 aromatic carbocycles. The lowest BCUT2D eigenvalue weighted by Crippen LogP contribution is -2.13. The van der Waals surface area contributed by atoms with Crippen LogP contribution in [-0.4, -0.2) is 0 Å². The van der Waals surface area contributed by atoms with Crippen molar-refractivity contribution in [2.45, 2.75) is 0 Å². The molecule has 12 rings (SSSR count). The molecular formula is C74H54N2. The fourth-order valence-corrected chi connectivity index (χ4v) is 10.1. The molecule has 0 saturated carbocycles. The highest BCUT2D eigenvalue weighted by atomic mass is 15.2. The summed E-state index contributed by atoms with van der Waals surface area (Å²) in [5.41, 5.74) is 15.6. The lowest BCUT2D eigenvalue weighted by atomic mass is 9.92. The molecule has 0 fully saturated rings. The molecule has 76 heavy (non-hydrogen) atoms. The smallest absolute Gasteiger partial charge is 0.0553 e.